The second kappa shape index (κ2) is 5.57. The Balaban J connectivity index is 1.86. The van der Waals surface area contributed by atoms with Crippen LogP contribution in [0, 0.1) is 5.92 Å². The number of ketones is 1. The molecule has 0 N–H and O–H groups in total. The number of carbonyl (C=O) groups is 1. The van der Waals surface area contributed by atoms with Gasteiger partial charge in [0.2, 0.25) is 0 Å². The summed E-state index contributed by atoms with van der Waals surface area (Å²) >= 11 is 0. The molecule has 1 heterocycles. The minimum absolute atomic E-state index is 0.0446. The number of hydrogen-bond donors (Lipinski definition) is 0. The SMILES string of the molecule is CC1(C)CC(C(=O)CCOc2ccccc2)C(C)(C)O1. The highest BCUT2D eigenvalue weighted by Gasteiger charge is 2.48. The Bertz CT molecular complexity index is 462. The van der Waals surface area contributed by atoms with E-state index in [2.05, 4.69) is 0 Å². The predicted molar refractivity (Wildman–Crippen MR) is 78.9 cm³/mol. The zero-order valence-electron chi connectivity index (χ0n) is 12.8. The molecule has 0 amide bonds. The standard InChI is InChI=1S/C17H24O3/c1-16(2)12-14(17(3,4)20-16)15(18)10-11-19-13-8-6-5-7-9-13/h5-9,14H,10-12H2,1-4H3. The van der Waals surface area contributed by atoms with E-state index in [1.807, 2.05) is 58.0 Å². The molecular weight excluding hydrogens is 252 g/mol. The van der Waals surface area contributed by atoms with Gasteiger partial charge in [-0.1, -0.05) is 18.2 Å². The van der Waals surface area contributed by atoms with E-state index in [0.717, 1.165) is 12.2 Å². The minimum atomic E-state index is -0.382. The van der Waals surface area contributed by atoms with Crippen molar-refractivity contribution in [3.05, 3.63) is 30.3 Å². The zero-order chi connectivity index (χ0) is 14.8. The molecule has 0 bridgehead atoms. The van der Waals surface area contributed by atoms with Crippen LogP contribution in [-0.4, -0.2) is 23.6 Å². The van der Waals surface area contributed by atoms with Gasteiger partial charge in [0.25, 0.3) is 0 Å². The summed E-state index contributed by atoms with van der Waals surface area (Å²) in [7, 11) is 0. The van der Waals surface area contributed by atoms with Crippen molar-refractivity contribution >= 4 is 5.78 Å². The van der Waals surface area contributed by atoms with E-state index < -0.39 is 0 Å². The van der Waals surface area contributed by atoms with E-state index in [4.69, 9.17) is 9.47 Å². The average molecular weight is 276 g/mol. The molecule has 0 aromatic heterocycles. The molecule has 1 unspecified atom stereocenters. The maximum atomic E-state index is 12.4. The van der Waals surface area contributed by atoms with Crippen molar-refractivity contribution in [1.82, 2.24) is 0 Å². The van der Waals surface area contributed by atoms with Crippen molar-refractivity contribution in [3.63, 3.8) is 0 Å². The van der Waals surface area contributed by atoms with Crippen LogP contribution in [0.3, 0.4) is 0 Å². The largest absolute Gasteiger partial charge is 0.493 e. The van der Waals surface area contributed by atoms with E-state index in [1.54, 1.807) is 0 Å². The second-order valence-electron chi connectivity index (χ2n) is 6.60. The number of carbonyl (C=O) groups excluding carboxylic acids is 1. The molecule has 1 atom stereocenters. The van der Waals surface area contributed by atoms with Crippen molar-refractivity contribution in [2.24, 2.45) is 5.92 Å². The molecule has 1 aromatic rings. The monoisotopic (exact) mass is 276 g/mol. The molecule has 1 fully saturated rings. The molecule has 1 saturated heterocycles. The molecule has 0 spiro atoms. The molecule has 1 aliphatic rings. The normalized spacial score (nSPS) is 23.5. The van der Waals surface area contributed by atoms with Gasteiger partial charge >= 0.3 is 0 Å². The van der Waals surface area contributed by atoms with E-state index in [1.165, 1.54) is 0 Å². The molecular formula is C17H24O3. The zero-order valence-corrected chi connectivity index (χ0v) is 12.8. The summed E-state index contributed by atoms with van der Waals surface area (Å²) in [6.07, 6.45) is 1.21. The highest BCUT2D eigenvalue weighted by molar-refractivity contribution is 5.82. The lowest BCUT2D eigenvalue weighted by Crippen LogP contribution is -2.34. The lowest BCUT2D eigenvalue weighted by Gasteiger charge is -2.26. The van der Waals surface area contributed by atoms with Gasteiger partial charge in [0.15, 0.2) is 0 Å². The first-order valence-corrected chi connectivity index (χ1v) is 7.21. The van der Waals surface area contributed by atoms with Crippen molar-refractivity contribution < 1.29 is 14.3 Å². The Kier molecular flexibility index (Phi) is 4.19. The summed E-state index contributed by atoms with van der Waals surface area (Å²) in [5.74, 6) is 0.996. The Hall–Kier alpha value is -1.35. The van der Waals surface area contributed by atoms with Gasteiger partial charge in [-0.15, -0.1) is 0 Å². The van der Waals surface area contributed by atoms with Crippen molar-refractivity contribution in [2.75, 3.05) is 6.61 Å². The summed E-state index contributed by atoms with van der Waals surface area (Å²) in [6.45, 7) is 8.52. The average Bonchev–Trinajstić information content (AvgIpc) is 2.58. The fourth-order valence-corrected chi connectivity index (χ4v) is 3.02. The quantitative estimate of drug-likeness (QED) is 0.824. The van der Waals surface area contributed by atoms with E-state index in [9.17, 15) is 4.79 Å². The molecule has 0 saturated carbocycles. The number of hydrogen-bond acceptors (Lipinski definition) is 3. The van der Waals surface area contributed by atoms with Crippen LogP contribution in [0.2, 0.25) is 0 Å². The molecule has 3 heteroatoms. The van der Waals surface area contributed by atoms with Gasteiger partial charge < -0.3 is 9.47 Å². The van der Waals surface area contributed by atoms with Crippen LogP contribution in [0.25, 0.3) is 0 Å². The summed E-state index contributed by atoms with van der Waals surface area (Å²) in [5.41, 5.74) is -0.600. The first-order chi connectivity index (χ1) is 9.30. The minimum Gasteiger partial charge on any atom is -0.493 e. The van der Waals surface area contributed by atoms with Crippen molar-refractivity contribution in [3.8, 4) is 5.75 Å². The summed E-state index contributed by atoms with van der Waals surface area (Å²) in [4.78, 5) is 12.4. The van der Waals surface area contributed by atoms with Crippen LogP contribution in [0.5, 0.6) is 5.75 Å². The molecule has 20 heavy (non-hydrogen) atoms. The third-order valence-corrected chi connectivity index (χ3v) is 3.82. The first-order valence-electron chi connectivity index (χ1n) is 7.21. The molecule has 3 nitrogen and oxygen atoms in total. The summed E-state index contributed by atoms with van der Waals surface area (Å²) in [5, 5.41) is 0. The highest BCUT2D eigenvalue weighted by Crippen LogP contribution is 2.42. The van der Waals surface area contributed by atoms with Crippen molar-refractivity contribution in [1.29, 1.82) is 0 Å². The van der Waals surface area contributed by atoms with Crippen LogP contribution in [0.1, 0.15) is 40.5 Å². The Labute approximate surface area is 121 Å². The van der Waals surface area contributed by atoms with Crippen LogP contribution < -0.4 is 4.74 Å². The van der Waals surface area contributed by atoms with Gasteiger partial charge in [-0.25, -0.2) is 0 Å². The molecule has 0 aliphatic carbocycles. The maximum Gasteiger partial charge on any atom is 0.142 e. The molecule has 110 valence electrons. The third kappa shape index (κ3) is 3.60. The summed E-state index contributed by atoms with van der Waals surface area (Å²) < 4.78 is 11.6. The van der Waals surface area contributed by atoms with E-state index in [0.29, 0.717) is 13.0 Å². The van der Waals surface area contributed by atoms with Crippen molar-refractivity contribution in [2.45, 2.75) is 51.7 Å². The Morgan fingerprint density at radius 2 is 1.90 bits per heavy atom. The number of rotatable bonds is 5. The Morgan fingerprint density at radius 3 is 2.45 bits per heavy atom. The fourth-order valence-electron chi connectivity index (χ4n) is 3.02. The van der Waals surface area contributed by atoms with Crippen LogP contribution in [-0.2, 0) is 9.53 Å². The third-order valence-electron chi connectivity index (χ3n) is 3.82. The number of benzene rings is 1. The first kappa shape index (κ1) is 15.0. The number of ether oxygens (including phenoxy) is 2. The van der Waals surface area contributed by atoms with Gasteiger partial charge in [0.05, 0.1) is 17.8 Å². The molecule has 1 aliphatic heterocycles. The van der Waals surface area contributed by atoms with Crippen LogP contribution in [0.15, 0.2) is 30.3 Å². The molecule has 2 rings (SSSR count). The van der Waals surface area contributed by atoms with E-state index in [-0.39, 0.29) is 22.9 Å². The van der Waals surface area contributed by atoms with Gasteiger partial charge in [-0.3, -0.25) is 4.79 Å². The Morgan fingerprint density at radius 1 is 1.25 bits per heavy atom. The van der Waals surface area contributed by atoms with Gasteiger partial charge in [-0.05, 0) is 46.2 Å². The summed E-state index contributed by atoms with van der Waals surface area (Å²) in [6, 6.07) is 9.59. The maximum absolute atomic E-state index is 12.4. The lowest BCUT2D eigenvalue weighted by atomic mass is 9.83. The van der Waals surface area contributed by atoms with Crippen LogP contribution >= 0.6 is 0 Å². The molecule has 1 aromatic carbocycles. The fraction of sp³-hybridized carbons (Fsp3) is 0.588. The lowest BCUT2D eigenvalue weighted by molar-refractivity contribution is -0.129. The predicted octanol–water partition coefficient (Wildman–Crippen LogP) is 3.62. The van der Waals surface area contributed by atoms with Gasteiger partial charge in [0, 0.05) is 12.3 Å². The molecule has 0 radical (unpaired) electrons. The number of para-hydroxylation sites is 1. The van der Waals surface area contributed by atoms with Crippen LogP contribution in [0.4, 0.5) is 0 Å². The van der Waals surface area contributed by atoms with Gasteiger partial charge in [0.1, 0.15) is 11.5 Å². The van der Waals surface area contributed by atoms with Gasteiger partial charge in [-0.2, -0.15) is 0 Å². The topological polar surface area (TPSA) is 35.5 Å². The van der Waals surface area contributed by atoms with E-state index >= 15 is 0 Å². The highest BCUT2D eigenvalue weighted by atomic mass is 16.5. The smallest absolute Gasteiger partial charge is 0.142 e. The second-order valence-corrected chi connectivity index (χ2v) is 6.60. The number of Topliss-reactive ketones (excluding diaryl/α,β-unsaturated/α-hetero) is 1.